The molecule has 2 aromatic rings. The minimum absolute atomic E-state index is 0.00647. The van der Waals surface area contributed by atoms with Gasteiger partial charge in [-0.1, -0.05) is 17.3 Å². The quantitative estimate of drug-likeness (QED) is 0.440. The number of nitro groups is 1. The number of rotatable bonds is 8. The van der Waals surface area contributed by atoms with Crippen LogP contribution in [0.5, 0.6) is 5.75 Å². The third-order valence-corrected chi connectivity index (χ3v) is 6.86. The van der Waals surface area contributed by atoms with E-state index < -0.39 is 10.8 Å². The second-order valence-corrected chi connectivity index (χ2v) is 9.72. The molecule has 5 rings (SSSR count). The molecule has 2 aromatic carbocycles. The zero-order chi connectivity index (χ0) is 25.2. The molecule has 0 aromatic heterocycles. The standard InChI is InChI=1S/C26H31N5O5/c1-17(2)35-25-6-4-3-5-24(25)30-11-9-29(10-12-30)16-19-14-23(28-36-19)26(32)21-15-27-22-13-18(31(33)34)7-8-20(21)22/h3-8,13,17,19,21,27H,9-12,14-16H2,1-2H3. The van der Waals surface area contributed by atoms with Gasteiger partial charge in [-0.3, -0.25) is 19.8 Å². The van der Waals surface area contributed by atoms with Crippen molar-refractivity contribution in [2.75, 3.05) is 49.5 Å². The predicted molar refractivity (Wildman–Crippen MR) is 137 cm³/mol. The number of fused-ring (bicyclic) bond motifs is 1. The topological polar surface area (TPSA) is 110 Å². The Labute approximate surface area is 210 Å². The van der Waals surface area contributed by atoms with Crippen LogP contribution in [0, 0.1) is 10.1 Å². The van der Waals surface area contributed by atoms with Crippen LogP contribution in [0.15, 0.2) is 47.6 Å². The summed E-state index contributed by atoms with van der Waals surface area (Å²) in [5.74, 6) is 0.428. The lowest BCUT2D eigenvalue weighted by molar-refractivity contribution is -0.384. The lowest BCUT2D eigenvalue weighted by Gasteiger charge is -2.37. The average molecular weight is 494 g/mol. The van der Waals surface area contributed by atoms with Crippen LogP contribution in [0.3, 0.4) is 0 Å². The maximum absolute atomic E-state index is 13.2. The van der Waals surface area contributed by atoms with Gasteiger partial charge in [0.2, 0.25) is 0 Å². The maximum atomic E-state index is 13.2. The Bertz CT molecular complexity index is 1180. The van der Waals surface area contributed by atoms with Crippen molar-refractivity contribution in [2.45, 2.75) is 38.4 Å². The number of oxime groups is 1. The van der Waals surface area contributed by atoms with Gasteiger partial charge in [0.1, 0.15) is 17.6 Å². The monoisotopic (exact) mass is 493 g/mol. The number of para-hydroxylation sites is 2. The summed E-state index contributed by atoms with van der Waals surface area (Å²) in [5.41, 5.74) is 2.98. The molecule has 0 bridgehead atoms. The summed E-state index contributed by atoms with van der Waals surface area (Å²) in [7, 11) is 0. The molecule has 0 radical (unpaired) electrons. The van der Waals surface area contributed by atoms with Crippen molar-refractivity contribution in [3.05, 3.63) is 58.1 Å². The van der Waals surface area contributed by atoms with Gasteiger partial charge in [0.15, 0.2) is 5.78 Å². The van der Waals surface area contributed by atoms with Crippen molar-refractivity contribution >= 4 is 28.6 Å². The largest absolute Gasteiger partial charge is 0.489 e. The number of nitro benzene ring substituents is 1. The van der Waals surface area contributed by atoms with Gasteiger partial charge in [-0.05, 0) is 37.6 Å². The van der Waals surface area contributed by atoms with Gasteiger partial charge in [-0.25, -0.2) is 0 Å². The minimum atomic E-state index is -0.436. The Morgan fingerprint density at radius 1 is 1.22 bits per heavy atom. The second kappa shape index (κ2) is 10.1. The van der Waals surface area contributed by atoms with Crippen molar-refractivity contribution < 1.29 is 19.3 Å². The van der Waals surface area contributed by atoms with Gasteiger partial charge >= 0.3 is 0 Å². The summed E-state index contributed by atoms with van der Waals surface area (Å²) < 4.78 is 5.99. The molecule has 1 saturated heterocycles. The SMILES string of the molecule is CC(C)Oc1ccccc1N1CCN(CC2CC(C(=O)C3CNc4cc([N+](=O)[O-])ccc43)=NO2)CC1. The van der Waals surface area contributed by atoms with Crippen molar-refractivity contribution in [1.29, 1.82) is 0 Å². The van der Waals surface area contributed by atoms with E-state index >= 15 is 0 Å². The molecular weight excluding hydrogens is 462 g/mol. The lowest BCUT2D eigenvalue weighted by atomic mass is 9.92. The first kappa shape index (κ1) is 24.1. The molecule has 10 nitrogen and oxygen atoms in total. The van der Waals surface area contributed by atoms with E-state index in [1.807, 2.05) is 32.0 Å². The number of nitrogens with zero attached hydrogens (tertiary/aromatic N) is 4. The smallest absolute Gasteiger partial charge is 0.271 e. The Hall–Kier alpha value is -3.66. The molecule has 10 heteroatoms. The number of nitrogens with one attached hydrogen (secondary N) is 1. The van der Waals surface area contributed by atoms with E-state index in [9.17, 15) is 14.9 Å². The van der Waals surface area contributed by atoms with E-state index in [2.05, 4.69) is 26.3 Å². The second-order valence-electron chi connectivity index (χ2n) is 9.72. The average Bonchev–Trinajstić information content (AvgIpc) is 3.51. The normalized spacial score (nSPS) is 21.5. The zero-order valence-electron chi connectivity index (χ0n) is 20.6. The van der Waals surface area contributed by atoms with Crippen LogP contribution in [-0.4, -0.2) is 72.8 Å². The Morgan fingerprint density at radius 3 is 2.75 bits per heavy atom. The molecule has 1 fully saturated rings. The molecule has 3 aliphatic rings. The van der Waals surface area contributed by atoms with Gasteiger partial charge in [0, 0.05) is 63.5 Å². The van der Waals surface area contributed by atoms with Gasteiger partial charge in [0.05, 0.1) is 22.6 Å². The first-order valence-corrected chi connectivity index (χ1v) is 12.4. The van der Waals surface area contributed by atoms with Gasteiger partial charge in [-0.2, -0.15) is 0 Å². The summed E-state index contributed by atoms with van der Waals surface area (Å²) in [6.07, 6.45) is 0.441. The first-order chi connectivity index (χ1) is 17.4. The lowest BCUT2D eigenvalue weighted by Crippen LogP contribution is -2.48. The van der Waals surface area contributed by atoms with E-state index in [-0.39, 0.29) is 23.7 Å². The number of ketones is 1. The highest BCUT2D eigenvalue weighted by Gasteiger charge is 2.36. The summed E-state index contributed by atoms with van der Waals surface area (Å²) in [4.78, 5) is 34.1. The first-order valence-electron chi connectivity index (χ1n) is 12.4. The van der Waals surface area contributed by atoms with Crippen molar-refractivity contribution in [1.82, 2.24) is 4.90 Å². The van der Waals surface area contributed by atoms with Gasteiger partial charge in [0.25, 0.3) is 5.69 Å². The summed E-state index contributed by atoms with van der Waals surface area (Å²) >= 11 is 0. The van der Waals surface area contributed by atoms with E-state index in [0.29, 0.717) is 30.9 Å². The number of ether oxygens (including phenoxy) is 1. The van der Waals surface area contributed by atoms with Crippen LogP contribution >= 0.6 is 0 Å². The van der Waals surface area contributed by atoms with Crippen molar-refractivity contribution in [2.24, 2.45) is 5.16 Å². The third kappa shape index (κ3) is 4.99. The molecule has 0 aliphatic carbocycles. The molecule has 3 aliphatic heterocycles. The number of hydrogen-bond donors (Lipinski definition) is 1. The highest BCUT2D eigenvalue weighted by Crippen LogP contribution is 2.36. The number of hydrogen-bond acceptors (Lipinski definition) is 9. The number of Topliss-reactive ketones (excluding diaryl/α,β-unsaturated/α-hetero) is 1. The number of carbonyl (C=O) groups is 1. The molecule has 0 amide bonds. The summed E-state index contributed by atoms with van der Waals surface area (Å²) in [5, 5.41) is 18.3. The molecular formula is C26H31N5O5. The van der Waals surface area contributed by atoms with E-state index in [4.69, 9.17) is 9.57 Å². The maximum Gasteiger partial charge on any atom is 0.271 e. The molecule has 190 valence electrons. The highest BCUT2D eigenvalue weighted by atomic mass is 16.6. The molecule has 36 heavy (non-hydrogen) atoms. The van der Waals surface area contributed by atoms with Crippen LogP contribution in [0.4, 0.5) is 17.1 Å². The van der Waals surface area contributed by atoms with Crippen LogP contribution in [0.25, 0.3) is 0 Å². The van der Waals surface area contributed by atoms with Crippen LogP contribution in [-0.2, 0) is 9.63 Å². The fraction of sp³-hybridized carbons (Fsp3) is 0.462. The van der Waals surface area contributed by atoms with E-state index in [1.54, 1.807) is 6.07 Å². The van der Waals surface area contributed by atoms with Crippen LogP contribution in [0.2, 0.25) is 0 Å². The zero-order valence-corrected chi connectivity index (χ0v) is 20.6. The summed E-state index contributed by atoms with van der Waals surface area (Å²) in [6.45, 7) is 8.72. The summed E-state index contributed by atoms with van der Waals surface area (Å²) in [6, 6.07) is 12.7. The predicted octanol–water partition coefficient (Wildman–Crippen LogP) is 3.43. The Kier molecular flexibility index (Phi) is 6.77. The molecule has 1 N–H and O–H groups in total. The van der Waals surface area contributed by atoms with Crippen molar-refractivity contribution in [3.63, 3.8) is 0 Å². The Balaban J connectivity index is 1.13. The molecule has 0 spiro atoms. The number of anilines is 2. The number of benzene rings is 2. The number of piperazine rings is 1. The molecule has 2 atom stereocenters. The minimum Gasteiger partial charge on any atom is -0.489 e. The van der Waals surface area contributed by atoms with Crippen LogP contribution < -0.4 is 15.0 Å². The highest BCUT2D eigenvalue weighted by molar-refractivity contribution is 6.42. The van der Waals surface area contributed by atoms with Crippen LogP contribution in [0.1, 0.15) is 31.7 Å². The van der Waals surface area contributed by atoms with Crippen molar-refractivity contribution in [3.8, 4) is 5.75 Å². The number of carbonyl (C=O) groups excluding carboxylic acids is 1. The fourth-order valence-electron chi connectivity index (χ4n) is 5.07. The van der Waals surface area contributed by atoms with Gasteiger partial charge in [-0.15, -0.1) is 0 Å². The third-order valence-electron chi connectivity index (χ3n) is 6.86. The van der Waals surface area contributed by atoms with E-state index in [0.717, 1.165) is 43.2 Å². The molecule has 2 unspecified atom stereocenters. The van der Waals surface area contributed by atoms with E-state index in [1.165, 1.54) is 12.1 Å². The molecule has 0 saturated carbocycles. The number of non-ortho nitro benzene ring substituents is 1. The van der Waals surface area contributed by atoms with Gasteiger partial charge < -0.3 is 19.8 Å². The molecule has 3 heterocycles. The Morgan fingerprint density at radius 2 is 2.00 bits per heavy atom. The fourth-order valence-corrected chi connectivity index (χ4v) is 5.07.